The Morgan fingerprint density at radius 1 is 0.455 bits per heavy atom. The molecule has 0 aromatic carbocycles. The van der Waals surface area contributed by atoms with Gasteiger partial charge in [-0.3, -0.25) is 28.8 Å². The molecule has 6 aliphatic heterocycles. The number of carbonyl (C=O) groups is 8. The Hall–Kier alpha value is -5.30. The molecule has 0 aromatic heterocycles. The number of nitrogens with zero attached hydrogens (tertiary/aromatic N) is 2. The summed E-state index contributed by atoms with van der Waals surface area (Å²) in [5.41, 5.74) is 2.73. The van der Waals surface area contributed by atoms with Crippen LogP contribution in [-0.4, -0.2) is 252 Å². The van der Waals surface area contributed by atoms with E-state index in [9.17, 15) is 59.4 Å². The largest absolute Gasteiger partial charge is 0.456 e. The highest BCUT2D eigenvalue weighted by atomic mass is 16.7. The number of Topliss-reactive ketones (excluding diaryl/α,β-unsaturated/α-hetero) is 4. The average molecular weight is 1580 g/mol. The number of carbonyl (C=O) groups excluding carboxylic acids is 8. The van der Waals surface area contributed by atoms with E-state index < -0.39 is 180 Å². The van der Waals surface area contributed by atoms with E-state index in [1.165, 1.54) is 42.7 Å². The fourth-order valence-corrected chi connectivity index (χ4v) is 19.0. The molecule has 0 unspecified atom stereocenters. The molecule has 0 spiro atoms. The van der Waals surface area contributed by atoms with Gasteiger partial charge in [0.2, 0.25) is 11.6 Å². The number of amides is 2. The third-order valence-corrected chi connectivity index (χ3v) is 25.9. The molecule has 28 atom stereocenters. The first-order chi connectivity index (χ1) is 53.1. The van der Waals surface area contributed by atoms with Crippen LogP contribution in [0.2, 0.25) is 0 Å². The fourth-order valence-electron chi connectivity index (χ4n) is 19.0. The number of methoxy groups -OCH3 is 6. The lowest BCUT2D eigenvalue weighted by molar-refractivity contribution is -0.302. The molecular formula is C86H134N2O24. The van der Waals surface area contributed by atoms with Crippen LogP contribution < -0.4 is 0 Å². The summed E-state index contributed by atoms with van der Waals surface area (Å²) in [7, 11) is 9.04. The number of aliphatic hydroxyl groups excluding tert-OH is 4. The highest BCUT2D eigenvalue weighted by Gasteiger charge is 2.59. The SMILES string of the molecule is CO[C@H]1C[C@@H](C)C/C(C)=C\[C@@H](C/C=C\C[C@@H]2/C=C(\C)C[C@H](C)C[C@H](OC)[C@H]3O[C@@](O)(C(=O)C(=O)N4CCCC[C@H]4C(=O)O[C@H](/C(C)=C/[C@@H]4CC[C@@H](O)[C@H](OC)C4)[C@H](C)[C@@H](O)CC2=O)[C@H](C)C[C@@H]3OC)C(=O)C[C@H](O)[C@@H](C)[C@@H](/C(C)=C/[C@@H]2CC[C@@H](O)[C@H](OC)C2)OC(=O)[C@@H]2CCCCN2C(=O)C(=O)[C@]2(O)O[C@H]1[C@@H](OC)C[C@H]2C. The van der Waals surface area contributed by atoms with Crippen molar-refractivity contribution < 1.29 is 116 Å². The summed E-state index contributed by atoms with van der Waals surface area (Å²) in [5, 5.41) is 71.5. The van der Waals surface area contributed by atoms with Gasteiger partial charge in [0.25, 0.3) is 23.4 Å². The molecule has 112 heavy (non-hydrogen) atoms. The first-order valence-electron chi connectivity index (χ1n) is 41.3. The van der Waals surface area contributed by atoms with E-state index >= 15 is 9.59 Å². The Kier molecular flexibility index (Phi) is 34.3. The predicted molar refractivity (Wildman–Crippen MR) is 414 cm³/mol. The van der Waals surface area contributed by atoms with Crippen LogP contribution >= 0.6 is 0 Å². The Bertz CT molecular complexity index is 3160. The summed E-state index contributed by atoms with van der Waals surface area (Å²) in [6.45, 7) is 17.9. The van der Waals surface area contributed by atoms with Gasteiger partial charge < -0.3 is 87.8 Å². The molecule has 0 radical (unpaired) electrons. The molecule has 2 saturated carbocycles. The second-order valence-electron chi connectivity index (χ2n) is 34.4. The topological polar surface area (TPSA) is 357 Å². The maximum absolute atomic E-state index is 15.3. The normalized spacial score (nSPS) is 41.8. The summed E-state index contributed by atoms with van der Waals surface area (Å²) in [6, 6.07) is -2.54. The van der Waals surface area contributed by atoms with Gasteiger partial charge in [0, 0.05) is 104 Å². The summed E-state index contributed by atoms with van der Waals surface area (Å²) in [6.07, 6.45) is 5.17. The molecule has 8 aliphatic rings. The van der Waals surface area contributed by atoms with Gasteiger partial charge >= 0.3 is 11.9 Å². The van der Waals surface area contributed by atoms with Gasteiger partial charge in [0.15, 0.2) is 0 Å². The molecule has 6 N–H and O–H groups in total. The Labute approximate surface area is 663 Å². The number of esters is 2. The molecule has 0 aromatic rings. The highest BCUT2D eigenvalue weighted by Crippen LogP contribution is 2.43. The second-order valence-corrected chi connectivity index (χ2v) is 34.4. The lowest BCUT2D eigenvalue weighted by atomic mass is 9.81. The monoisotopic (exact) mass is 1580 g/mol. The number of piperidine rings is 2. The zero-order chi connectivity index (χ0) is 82.4. The summed E-state index contributed by atoms with van der Waals surface area (Å²) >= 11 is 0. The van der Waals surface area contributed by atoms with Crippen molar-refractivity contribution in [2.45, 2.75) is 320 Å². The number of allylic oxidation sites excluding steroid dienone is 8. The molecule has 6 fully saturated rings. The molecule has 2 aliphatic carbocycles. The molecule has 4 bridgehead atoms. The smallest absolute Gasteiger partial charge is 0.329 e. The zero-order valence-corrected chi connectivity index (χ0v) is 69.4. The lowest BCUT2D eigenvalue weighted by Gasteiger charge is -2.47. The van der Waals surface area contributed by atoms with Gasteiger partial charge in [-0.1, -0.05) is 89.1 Å². The zero-order valence-electron chi connectivity index (χ0n) is 69.4. The summed E-state index contributed by atoms with van der Waals surface area (Å²) in [4.78, 5) is 122. The van der Waals surface area contributed by atoms with Crippen LogP contribution in [0.15, 0.2) is 58.7 Å². The number of cyclic esters (lactones) is 2. The first kappa shape index (κ1) is 92.2. The van der Waals surface area contributed by atoms with Crippen molar-refractivity contribution in [3.05, 3.63) is 58.7 Å². The van der Waals surface area contributed by atoms with Crippen LogP contribution in [0.3, 0.4) is 0 Å². The minimum Gasteiger partial charge on any atom is -0.456 e. The molecule has 632 valence electrons. The van der Waals surface area contributed by atoms with Crippen molar-refractivity contribution in [2.24, 2.45) is 59.2 Å². The minimum absolute atomic E-state index is 0.000702. The predicted octanol–water partition coefficient (Wildman–Crippen LogP) is 8.48. The summed E-state index contributed by atoms with van der Waals surface area (Å²) < 4.78 is 61.2. The minimum atomic E-state index is -2.63. The third-order valence-electron chi connectivity index (χ3n) is 25.9. The van der Waals surface area contributed by atoms with Crippen molar-refractivity contribution in [2.75, 3.05) is 55.7 Å². The Morgan fingerprint density at radius 2 is 0.795 bits per heavy atom. The van der Waals surface area contributed by atoms with Gasteiger partial charge in [-0.25, -0.2) is 9.59 Å². The van der Waals surface area contributed by atoms with Gasteiger partial charge in [0.05, 0.1) is 61.0 Å². The van der Waals surface area contributed by atoms with Crippen LogP contribution in [0.4, 0.5) is 0 Å². The number of rotatable bonds is 14. The van der Waals surface area contributed by atoms with Crippen LogP contribution in [0, 0.1) is 59.2 Å². The number of aliphatic hydroxyl groups is 6. The van der Waals surface area contributed by atoms with Crippen LogP contribution in [0.25, 0.3) is 0 Å². The molecule has 26 heteroatoms. The molecule has 8 rings (SSSR count). The van der Waals surface area contributed by atoms with E-state index in [1.54, 1.807) is 41.5 Å². The average Bonchev–Trinajstić information content (AvgIpc) is 0.788. The quantitative estimate of drug-likeness (QED) is 0.0539. The first-order valence-corrected chi connectivity index (χ1v) is 41.3. The fraction of sp³-hybridized carbons (Fsp3) is 0.791. The van der Waals surface area contributed by atoms with E-state index in [2.05, 4.69) is 0 Å². The van der Waals surface area contributed by atoms with E-state index in [1.807, 2.05) is 64.2 Å². The second kappa shape index (κ2) is 41.7. The maximum Gasteiger partial charge on any atom is 0.329 e. The molecule has 26 nitrogen and oxygen atoms in total. The van der Waals surface area contributed by atoms with Gasteiger partial charge in [-0.05, 0) is 191 Å². The standard InChI is InChI=1S/C86H134N2O24/c1-47-33-49(3)37-71(105-13)77-73(107-15)41-53(7)85(101,111-77)79(95)81(97)87-31-21-19-25-61(87)83(99)109-75(51(5)39-57-27-29-63(89)69(43-57)103-11)55(9)65(91)45-67(93)59(35-47)23-17-18-24-60-36-48(2)34-50(4)38-72(106-14)78-74(108-16)42-54(8)86(102,112-78)80(96)82(98)88-32-22-20-26-62(88)84(100)110-76(56(10)66(92)46-68(60)94)52(6)40-58-28-30-64(90)70(44-58)104-12/h17-18,35-36,39-40,49-50,53-66,69-78,89-92,101-102H,19-34,37-38,41-46H2,1-16H3/b18-17-,47-35-,48-36+,51-39+,52-40+/t49-,50-,53+,54+,55+,56+,57-,58-,59+,60+,61-,62-,63+,64+,65-,66-,69+,70+,71-,72-,73-,74-,75+,76+,77+,78+,85+,86+/m0/s1. The van der Waals surface area contributed by atoms with E-state index in [0.29, 0.717) is 101 Å². The number of hydrogen-bond acceptors (Lipinski definition) is 24. The number of ether oxygens (including phenoxy) is 10. The Morgan fingerprint density at radius 3 is 1.13 bits per heavy atom. The van der Waals surface area contributed by atoms with E-state index in [-0.39, 0.29) is 99.7 Å². The lowest BCUT2D eigenvalue weighted by Crippen LogP contribution is -2.64. The molecule has 4 saturated heterocycles. The number of fused-ring (bicyclic) bond motifs is 6. The van der Waals surface area contributed by atoms with Crippen LogP contribution in [0.1, 0.15) is 210 Å². The third kappa shape index (κ3) is 22.5. The number of ketones is 4. The van der Waals surface area contributed by atoms with E-state index in [4.69, 9.17) is 47.4 Å². The van der Waals surface area contributed by atoms with Gasteiger partial charge in [-0.2, -0.15) is 0 Å². The van der Waals surface area contributed by atoms with Crippen molar-refractivity contribution in [3.63, 3.8) is 0 Å². The van der Waals surface area contributed by atoms with Crippen LogP contribution in [0.5, 0.6) is 0 Å². The number of hydrogen-bond donors (Lipinski definition) is 6. The summed E-state index contributed by atoms with van der Waals surface area (Å²) in [5.74, 6) is -18.4. The van der Waals surface area contributed by atoms with Gasteiger partial charge in [-0.15, -0.1) is 0 Å². The van der Waals surface area contributed by atoms with E-state index in [0.717, 1.165) is 20.9 Å². The molecule has 2 amide bonds. The van der Waals surface area contributed by atoms with Crippen LogP contribution in [-0.2, 0) is 85.7 Å². The molecular weight excluding hydrogens is 1440 g/mol. The van der Waals surface area contributed by atoms with Crippen molar-refractivity contribution >= 4 is 46.9 Å². The van der Waals surface area contributed by atoms with Gasteiger partial charge in [0.1, 0.15) is 48.1 Å². The van der Waals surface area contributed by atoms with Crippen molar-refractivity contribution in [1.29, 1.82) is 0 Å². The molecule has 6 heterocycles. The highest BCUT2D eigenvalue weighted by molar-refractivity contribution is 6.39. The Balaban J connectivity index is 1.16. The van der Waals surface area contributed by atoms with Crippen molar-refractivity contribution in [1.82, 2.24) is 9.80 Å². The van der Waals surface area contributed by atoms with Crippen molar-refractivity contribution in [3.8, 4) is 0 Å². The maximum atomic E-state index is 15.3.